The Hall–Kier alpha value is -6.14. The number of unbranched alkanes of at least 4 members (excludes halogenated alkanes) is 2. The lowest BCUT2D eigenvalue weighted by molar-refractivity contribution is -0.384. The van der Waals surface area contributed by atoms with Crippen LogP contribution in [0.3, 0.4) is 0 Å². The van der Waals surface area contributed by atoms with Crippen molar-refractivity contribution in [3.63, 3.8) is 0 Å². The zero-order valence-corrected chi connectivity index (χ0v) is 39.4. The molecule has 3 unspecified atom stereocenters. The van der Waals surface area contributed by atoms with Gasteiger partial charge in [0.05, 0.1) is 41.8 Å². The van der Waals surface area contributed by atoms with Gasteiger partial charge in [0.1, 0.15) is 18.5 Å². The molecule has 5 amide bonds. The number of nitrogens with zero attached hydrogens (tertiary/aromatic N) is 4. The Morgan fingerprint density at radius 3 is 2.52 bits per heavy atom. The highest BCUT2D eigenvalue weighted by Gasteiger charge is 2.46. The molecular weight excluding hydrogens is 910 g/mol. The van der Waals surface area contributed by atoms with Gasteiger partial charge in [0.25, 0.3) is 11.6 Å². The van der Waals surface area contributed by atoms with Crippen LogP contribution >= 0.6 is 15.9 Å². The lowest BCUT2D eigenvalue weighted by Crippen LogP contribution is -2.51. The fraction of sp³-hybridized carbons (Fsp3) is 0.458. The number of morpholine rings is 1. The van der Waals surface area contributed by atoms with E-state index in [1.807, 2.05) is 19.1 Å². The smallest absolute Gasteiger partial charge is 0.325 e. The first-order valence-electron chi connectivity index (χ1n) is 22.6. The zero-order chi connectivity index (χ0) is 47.0. The predicted octanol–water partition coefficient (Wildman–Crippen LogP) is 8.74. The van der Waals surface area contributed by atoms with Crippen LogP contribution in [0.5, 0.6) is 5.75 Å². The molecule has 4 atom stereocenters. The second-order valence-electron chi connectivity index (χ2n) is 18.1. The van der Waals surface area contributed by atoms with Gasteiger partial charge in [-0.2, -0.15) is 0 Å². The van der Waals surface area contributed by atoms with Gasteiger partial charge in [-0.15, -0.1) is 0 Å². The van der Waals surface area contributed by atoms with Crippen molar-refractivity contribution in [2.24, 2.45) is 11.3 Å². The minimum atomic E-state index is -0.506. The fourth-order valence-electron chi connectivity index (χ4n) is 9.10. The summed E-state index contributed by atoms with van der Waals surface area (Å²) in [7, 11) is 0. The van der Waals surface area contributed by atoms with Crippen molar-refractivity contribution in [1.82, 2.24) is 20.2 Å². The number of fused-ring (bicyclic) bond motifs is 3. The van der Waals surface area contributed by atoms with E-state index in [1.54, 1.807) is 60.5 Å². The first kappa shape index (κ1) is 47.8. The van der Waals surface area contributed by atoms with Crippen LogP contribution in [0.2, 0.25) is 0 Å². The number of aryl methyl sites for hydroxylation is 2. The van der Waals surface area contributed by atoms with Gasteiger partial charge < -0.3 is 35.6 Å². The molecule has 1 saturated heterocycles. The minimum Gasteiger partial charge on any atom is -0.489 e. The highest BCUT2D eigenvalue weighted by Crippen LogP contribution is 2.52. The summed E-state index contributed by atoms with van der Waals surface area (Å²) in [6.45, 7) is 9.83. The maximum absolute atomic E-state index is 13.3. The molecule has 7 rings (SSSR count). The number of carbonyl (C=O) groups is 4. The Balaban J connectivity index is 0.795. The van der Waals surface area contributed by atoms with E-state index in [0.29, 0.717) is 92.8 Å². The highest BCUT2D eigenvalue weighted by molar-refractivity contribution is 9.10. The molecule has 1 aliphatic carbocycles. The van der Waals surface area contributed by atoms with Crippen LogP contribution in [0.15, 0.2) is 71.5 Å². The summed E-state index contributed by atoms with van der Waals surface area (Å²) in [4.78, 5) is 73.2. The van der Waals surface area contributed by atoms with E-state index < -0.39 is 6.03 Å². The number of aromatic nitrogens is 2. The number of benzene rings is 3. The molecule has 5 N–H and O–H groups in total. The van der Waals surface area contributed by atoms with Gasteiger partial charge in [0.2, 0.25) is 11.8 Å². The fourth-order valence-corrected chi connectivity index (χ4v) is 9.44. The van der Waals surface area contributed by atoms with Gasteiger partial charge in [0, 0.05) is 70.9 Å². The number of rotatable bonds is 17. The van der Waals surface area contributed by atoms with Crippen molar-refractivity contribution in [2.45, 2.75) is 97.1 Å². The number of nitro benzene ring substituents is 1. The zero-order valence-electron chi connectivity index (χ0n) is 37.8. The summed E-state index contributed by atoms with van der Waals surface area (Å²) in [6, 6.07) is 15.1. The van der Waals surface area contributed by atoms with Gasteiger partial charge in [-0.05, 0) is 105 Å². The first-order valence-corrected chi connectivity index (χ1v) is 23.3. The topological polar surface area (TPSA) is 219 Å². The molecule has 66 heavy (non-hydrogen) atoms. The van der Waals surface area contributed by atoms with Crippen molar-refractivity contribution >= 4 is 68.3 Å². The minimum absolute atomic E-state index is 0.0205. The standard InChI is InChI=1S/C48H58BrN9O8/c1-29-21-41(40(23-38(29)49)55-47(62)56-42-25-50-30(2)24-51-42)66-27-34-26-57(19-20-65-34)44(60)12-7-5-6-11-43(59)53-32-15-13-31(14-16-32)46(61)52-28-48(3,4)45-36-10-8-9-35(36)37-22-33(58(63)64)17-18-39(37)54-45/h13-18,21-25,34-36,45,54H,5-12,19-20,26-28H2,1-4H3,(H,52,61)(H,53,59)(H2,51,55,56,62)/t34-,35?,36?,45?/m0/s1. The average molecular weight is 969 g/mol. The third-order valence-corrected chi connectivity index (χ3v) is 13.5. The van der Waals surface area contributed by atoms with Crippen LogP contribution in [-0.4, -0.2) is 88.5 Å². The van der Waals surface area contributed by atoms with E-state index in [1.165, 1.54) is 6.20 Å². The van der Waals surface area contributed by atoms with Gasteiger partial charge in [-0.3, -0.25) is 34.8 Å². The van der Waals surface area contributed by atoms with Crippen molar-refractivity contribution in [2.75, 3.05) is 54.1 Å². The summed E-state index contributed by atoms with van der Waals surface area (Å²) < 4.78 is 12.9. The lowest BCUT2D eigenvalue weighted by atomic mass is 9.69. The largest absolute Gasteiger partial charge is 0.489 e. The van der Waals surface area contributed by atoms with E-state index in [0.717, 1.165) is 46.2 Å². The second-order valence-corrected chi connectivity index (χ2v) is 18.9. The van der Waals surface area contributed by atoms with Gasteiger partial charge in [-0.1, -0.05) is 42.6 Å². The maximum Gasteiger partial charge on any atom is 0.325 e. The molecule has 3 aliphatic rings. The third-order valence-electron chi connectivity index (χ3n) is 12.7. The van der Waals surface area contributed by atoms with Crippen molar-refractivity contribution in [3.8, 4) is 5.75 Å². The number of nitro groups is 1. The SMILES string of the molecule is Cc1cnc(NC(=O)Nc2cc(Br)c(C)cc2OC[C@@H]2CN(C(=O)CCCCCC(=O)Nc3ccc(C(=O)NCC(C)(C)C4Nc5ccc([N+](=O)[O-])cc5C5CCCC54)cc3)CCO2)cn1. The number of ether oxygens (including phenoxy) is 2. The number of urea groups is 1. The maximum atomic E-state index is 13.3. The Kier molecular flexibility index (Phi) is 15.5. The van der Waals surface area contributed by atoms with E-state index in [2.05, 4.69) is 66.3 Å². The molecule has 1 saturated carbocycles. The normalized spacial score (nSPS) is 18.8. The number of hydrogen-bond acceptors (Lipinski definition) is 11. The van der Waals surface area contributed by atoms with E-state index in [9.17, 15) is 29.3 Å². The molecule has 1 aromatic heterocycles. The summed E-state index contributed by atoms with van der Waals surface area (Å²) in [5.74, 6) is 0.991. The monoisotopic (exact) mass is 967 g/mol. The molecule has 0 radical (unpaired) electrons. The number of anilines is 4. The summed E-state index contributed by atoms with van der Waals surface area (Å²) in [6.07, 6.45) is 8.38. The average Bonchev–Trinajstić information content (AvgIpc) is 3.80. The van der Waals surface area contributed by atoms with E-state index >= 15 is 0 Å². The van der Waals surface area contributed by atoms with Gasteiger partial charge in [-0.25, -0.2) is 9.78 Å². The van der Waals surface area contributed by atoms with Crippen LogP contribution in [0.4, 0.5) is 33.4 Å². The summed E-state index contributed by atoms with van der Waals surface area (Å²) in [5.41, 5.74) is 4.92. The van der Waals surface area contributed by atoms with Gasteiger partial charge >= 0.3 is 6.03 Å². The Morgan fingerprint density at radius 1 is 0.970 bits per heavy atom. The van der Waals surface area contributed by atoms with E-state index in [-0.39, 0.29) is 58.4 Å². The second kappa shape index (κ2) is 21.4. The third kappa shape index (κ3) is 12.2. The number of hydrogen-bond donors (Lipinski definition) is 5. The van der Waals surface area contributed by atoms with Crippen LogP contribution in [-0.2, 0) is 14.3 Å². The Morgan fingerprint density at radius 2 is 1.76 bits per heavy atom. The van der Waals surface area contributed by atoms with Crippen LogP contribution in [0.1, 0.15) is 98.3 Å². The molecule has 4 aromatic rings. The first-order chi connectivity index (χ1) is 31.6. The molecule has 3 aromatic carbocycles. The predicted molar refractivity (Wildman–Crippen MR) is 255 cm³/mol. The van der Waals surface area contributed by atoms with Crippen molar-refractivity contribution in [1.29, 1.82) is 0 Å². The van der Waals surface area contributed by atoms with Gasteiger partial charge in [0.15, 0.2) is 5.82 Å². The number of amides is 5. The molecule has 0 bridgehead atoms. The number of nitrogens with one attached hydrogen (secondary N) is 5. The molecular formula is C48H58BrN9O8. The molecule has 2 fully saturated rings. The Labute approximate surface area is 392 Å². The number of halogens is 1. The van der Waals surface area contributed by atoms with Crippen LogP contribution < -0.4 is 31.3 Å². The summed E-state index contributed by atoms with van der Waals surface area (Å²) >= 11 is 3.52. The van der Waals surface area contributed by atoms with E-state index in [4.69, 9.17) is 9.47 Å². The molecule has 18 heteroatoms. The molecule has 350 valence electrons. The molecule has 3 heterocycles. The van der Waals surface area contributed by atoms with Crippen LogP contribution in [0, 0.1) is 35.3 Å². The number of non-ortho nitro benzene ring substituents is 1. The van der Waals surface area contributed by atoms with Crippen LogP contribution in [0.25, 0.3) is 0 Å². The highest BCUT2D eigenvalue weighted by atomic mass is 79.9. The van der Waals surface area contributed by atoms with Crippen molar-refractivity contribution < 1.29 is 33.6 Å². The summed E-state index contributed by atoms with van der Waals surface area (Å²) in [5, 5.41) is 26.6. The van der Waals surface area contributed by atoms with Crippen molar-refractivity contribution in [3.05, 3.63) is 104 Å². The quantitative estimate of drug-likeness (QED) is 0.0383. The Bertz CT molecular complexity index is 2420. The number of carbonyl (C=O) groups excluding carboxylic acids is 4. The lowest BCUT2D eigenvalue weighted by Gasteiger charge is -2.45. The molecule has 0 spiro atoms. The molecule has 17 nitrogen and oxygen atoms in total. The molecule has 2 aliphatic heterocycles.